The molecule has 0 radical (unpaired) electrons. The first-order valence-corrected chi connectivity index (χ1v) is 8.83. The molecule has 0 aliphatic heterocycles. The summed E-state index contributed by atoms with van der Waals surface area (Å²) in [5.41, 5.74) is 2.97. The summed E-state index contributed by atoms with van der Waals surface area (Å²) in [6, 6.07) is 20.2. The topological polar surface area (TPSA) is 39.1 Å². The van der Waals surface area contributed by atoms with Crippen LogP contribution in [0.3, 0.4) is 0 Å². The van der Waals surface area contributed by atoms with Gasteiger partial charge in [0, 0.05) is 27.7 Å². The van der Waals surface area contributed by atoms with E-state index in [1.54, 1.807) is 10.9 Å². The molecular formula is C21H21N3O2+2. The van der Waals surface area contributed by atoms with Gasteiger partial charge < -0.3 is 0 Å². The van der Waals surface area contributed by atoms with Gasteiger partial charge >= 0.3 is 0 Å². The van der Waals surface area contributed by atoms with Crippen LogP contribution in [0.1, 0.15) is 12.8 Å². The van der Waals surface area contributed by atoms with Crippen LogP contribution < -0.4 is 19.1 Å². The van der Waals surface area contributed by atoms with Crippen molar-refractivity contribution in [2.75, 3.05) is 13.2 Å². The zero-order chi connectivity index (χ0) is 17.6. The maximum absolute atomic E-state index is 5.89. The molecule has 0 saturated heterocycles. The molecule has 5 heteroatoms. The second kappa shape index (κ2) is 7.78. The predicted octanol–water partition coefficient (Wildman–Crippen LogP) is 2.30. The summed E-state index contributed by atoms with van der Waals surface area (Å²) >= 11 is 0. The van der Waals surface area contributed by atoms with E-state index in [1.807, 2.05) is 59.6 Å². The fraction of sp³-hybridized carbons (Fsp3) is 0.190. The summed E-state index contributed by atoms with van der Waals surface area (Å²) in [6.07, 6.45) is 7.36. The second-order valence-corrected chi connectivity index (χ2v) is 6.01. The first-order chi connectivity index (χ1) is 12.9. The van der Waals surface area contributed by atoms with Gasteiger partial charge in [-0.1, -0.05) is 24.3 Å². The number of hydrogen-bond donors (Lipinski definition) is 0. The lowest BCUT2D eigenvalue weighted by molar-refractivity contribution is -0.873. The molecule has 0 bridgehead atoms. The molecule has 0 fully saturated rings. The minimum Gasteiger partial charge on any atom is -0.271 e. The number of benzene rings is 2. The maximum atomic E-state index is 5.89. The molecule has 4 aromatic rings. The van der Waals surface area contributed by atoms with E-state index in [0.29, 0.717) is 13.2 Å². The van der Waals surface area contributed by atoms with Crippen molar-refractivity contribution in [3.8, 4) is 0 Å². The van der Waals surface area contributed by atoms with Crippen molar-refractivity contribution in [3.63, 3.8) is 0 Å². The lowest BCUT2D eigenvalue weighted by atomic mass is 10.2. The van der Waals surface area contributed by atoms with Gasteiger partial charge in [-0.2, -0.15) is 0 Å². The van der Waals surface area contributed by atoms with E-state index in [0.717, 1.165) is 29.4 Å². The molecular weight excluding hydrogens is 326 g/mol. The largest absolute Gasteiger partial charge is 0.282 e. The molecule has 0 N–H and O–H groups in total. The maximum Gasteiger partial charge on any atom is 0.282 e. The molecule has 0 saturated carbocycles. The monoisotopic (exact) mass is 347 g/mol. The van der Waals surface area contributed by atoms with E-state index >= 15 is 0 Å². The number of rotatable bonds is 7. The van der Waals surface area contributed by atoms with Crippen LogP contribution in [0.15, 0.2) is 79.3 Å². The van der Waals surface area contributed by atoms with E-state index in [4.69, 9.17) is 9.68 Å². The molecule has 5 nitrogen and oxygen atoms in total. The first kappa shape index (κ1) is 16.3. The highest BCUT2D eigenvalue weighted by atomic mass is 16.7. The minimum atomic E-state index is 0.627. The average Bonchev–Trinajstić information content (AvgIpc) is 2.71. The van der Waals surface area contributed by atoms with Gasteiger partial charge in [0.05, 0.1) is 11.6 Å². The number of para-hydroxylation sites is 3. The number of aromatic nitrogens is 3. The van der Waals surface area contributed by atoms with Crippen molar-refractivity contribution < 1.29 is 19.1 Å². The third-order valence-corrected chi connectivity index (χ3v) is 4.21. The van der Waals surface area contributed by atoms with Gasteiger partial charge in [0.2, 0.25) is 12.4 Å². The summed E-state index contributed by atoms with van der Waals surface area (Å²) in [5.74, 6) is 0. The van der Waals surface area contributed by atoms with Gasteiger partial charge in [0.1, 0.15) is 5.52 Å². The van der Waals surface area contributed by atoms with Crippen molar-refractivity contribution in [1.82, 2.24) is 4.98 Å². The number of pyridine rings is 1. The lowest BCUT2D eigenvalue weighted by Crippen LogP contribution is -2.44. The number of unbranched alkanes of at least 4 members (excludes halogenated alkanes) is 1. The van der Waals surface area contributed by atoms with Crippen molar-refractivity contribution in [3.05, 3.63) is 79.3 Å². The Balaban J connectivity index is 1.28. The van der Waals surface area contributed by atoms with Crippen molar-refractivity contribution in [2.45, 2.75) is 12.8 Å². The minimum absolute atomic E-state index is 0.627. The van der Waals surface area contributed by atoms with Crippen LogP contribution in [-0.4, -0.2) is 18.2 Å². The SMILES string of the molecule is c1ccc2c(c1)ccc[n+]2OCCCCO[n+]1ccnc2ccccc21. The zero-order valence-corrected chi connectivity index (χ0v) is 14.5. The molecule has 2 heterocycles. The van der Waals surface area contributed by atoms with E-state index in [-0.39, 0.29) is 0 Å². The first-order valence-electron chi connectivity index (χ1n) is 8.83. The molecule has 26 heavy (non-hydrogen) atoms. The predicted molar refractivity (Wildman–Crippen MR) is 98.2 cm³/mol. The van der Waals surface area contributed by atoms with Crippen LogP contribution >= 0.6 is 0 Å². The molecule has 0 atom stereocenters. The van der Waals surface area contributed by atoms with E-state index in [1.165, 1.54) is 5.39 Å². The highest BCUT2D eigenvalue weighted by Gasteiger charge is 2.11. The van der Waals surface area contributed by atoms with Gasteiger partial charge in [0.25, 0.3) is 11.0 Å². The second-order valence-electron chi connectivity index (χ2n) is 6.01. The third kappa shape index (κ3) is 3.57. The van der Waals surface area contributed by atoms with Crippen LogP contribution in [0.25, 0.3) is 21.9 Å². The highest BCUT2D eigenvalue weighted by Crippen LogP contribution is 2.07. The van der Waals surface area contributed by atoms with Crippen LogP contribution in [0.5, 0.6) is 0 Å². The number of fused-ring (bicyclic) bond motifs is 2. The highest BCUT2D eigenvalue weighted by molar-refractivity contribution is 5.74. The molecule has 0 amide bonds. The molecule has 2 aromatic carbocycles. The average molecular weight is 347 g/mol. The normalized spacial score (nSPS) is 10.9. The Kier molecular flexibility index (Phi) is 4.87. The number of nitrogens with zero attached hydrogens (tertiary/aromatic N) is 3. The summed E-state index contributed by atoms with van der Waals surface area (Å²) in [6.45, 7) is 1.27. The summed E-state index contributed by atoms with van der Waals surface area (Å²) in [5, 5.41) is 1.17. The van der Waals surface area contributed by atoms with Crippen molar-refractivity contribution in [2.24, 2.45) is 0 Å². The van der Waals surface area contributed by atoms with Gasteiger partial charge in [-0.25, -0.2) is 4.98 Å². The summed E-state index contributed by atoms with van der Waals surface area (Å²) in [4.78, 5) is 16.1. The van der Waals surface area contributed by atoms with E-state index in [2.05, 4.69) is 23.2 Å². The Labute approximate surface area is 152 Å². The van der Waals surface area contributed by atoms with E-state index < -0.39 is 0 Å². The van der Waals surface area contributed by atoms with Gasteiger partial charge in [-0.15, -0.1) is 0 Å². The molecule has 0 spiro atoms. The standard InChI is InChI=1S/C21H21N3O2/c1-3-11-20-18(8-1)9-7-14-23(20)25-16-5-6-17-26-24-15-13-22-19-10-2-4-12-21(19)24/h1-4,7-15H,5-6,16-17H2/q+2. The smallest absolute Gasteiger partial charge is 0.271 e. The molecule has 130 valence electrons. The Bertz CT molecular complexity index is 926. The fourth-order valence-electron chi connectivity index (χ4n) is 2.90. The Morgan fingerprint density at radius 3 is 2.19 bits per heavy atom. The van der Waals surface area contributed by atoms with Gasteiger partial charge in [0.15, 0.2) is 13.2 Å². The molecule has 4 rings (SSSR count). The zero-order valence-electron chi connectivity index (χ0n) is 14.5. The van der Waals surface area contributed by atoms with Crippen LogP contribution in [0, 0.1) is 0 Å². The van der Waals surface area contributed by atoms with Crippen LogP contribution in [-0.2, 0) is 0 Å². The van der Waals surface area contributed by atoms with Crippen molar-refractivity contribution >= 4 is 21.9 Å². The molecule has 0 aliphatic rings. The summed E-state index contributed by atoms with van der Waals surface area (Å²) < 4.78 is 3.62. The molecule has 2 aromatic heterocycles. The number of hydrogen-bond acceptors (Lipinski definition) is 3. The van der Waals surface area contributed by atoms with Crippen molar-refractivity contribution in [1.29, 1.82) is 0 Å². The summed E-state index contributed by atoms with van der Waals surface area (Å²) in [7, 11) is 0. The Morgan fingerprint density at radius 1 is 0.692 bits per heavy atom. The van der Waals surface area contributed by atoms with E-state index in [9.17, 15) is 0 Å². The Hall–Kier alpha value is -3.21. The van der Waals surface area contributed by atoms with Crippen LogP contribution in [0.2, 0.25) is 0 Å². The third-order valence-electron chi connectivity index (χ3n) is 4.21. The van der Waals surface area contributed by atoms with Gasteiger partial charge in [-0.05, 0) is 31.0 Å². The molecule has 0 unspecified atom stereocenters. The quantitative estimate of drug-likeness (QED) is 0.380. The molecule has 0 aliphatic carbocycles. The Morgan fingerprint density at radius 2 is 1.35 bits per heavy atom. The lowest BCUT2D eigenvalue weighted by Gasteiger charge is -2.02. The van der Waals surface area contributed by atoms with Gasteiger partial charge in [-0.3, -0.25) is 9.68 Å². The fourth-order valence-corrected chi connectivity index (χ4v) is 2.90. The van der Waals surface area contributed by atoms with Crippen LogP contribution in [0.4, 0.5) is 0 Å².